The SMILES string of the molecule is Cc1ncc(-c2cc(-c3ccnn3C)c3c(N)c(S(=O)C4CCC4)sc3n2)cn1. The number of nitrogens with zero attached hydrogens (tertiary/aromatic N) is 5. The fourth-order valence-corrected chi connectivity index (χ4v) is 6.71. The quantitative estimate of drug-likeness (QED) is 0.536. The van der Waals surface area contributed by atoms with E-state index in [2.05, 4.69) is 15.1 Å². The number of anilines is 1. The summed E-state index contributed by atoms with van der Waals surface area (Å²) < 4.78 is 15.6. The molecule has 0 aliphatic heterocycles. The van der Waals surface area contributed by atoms with Crippen molar-refractivity contribution in [2.24, 2.45) is 7.05 Å². The first-order valence-electron chi connectivity index (χ1n) is 9.44. The molecule has 9 heteroatoms. The summed E-state index contributed by atoms with van der Waals surface area (Å²) in [6.07, 6.45) is 8.42. The second-order valence-corrected chi connectivity index (χ2v) is 10.2. The molecule has 0 bridgehead atoms. The highest BCUT2D eigenvalue weighted by atomic mass is 32.2. The van der Waals surface area contributed by atoms with Crippen LogP contribution in [0.4, 0.5) is 5.69 Å². The van der Waals surface area contributed by atoms with Crippen LogP contribution in [-0.2, 0) is 17.8 Å². The van der Waals surface area contributed by atoms with Gasteiger partial charge in [-0.15, -0.1) is 11.3 Å². The van der Waals surface area contributed by atoms with Crippen molar-refractivity contribution in [1.82, 2.24) is 24.7 Å². The van der Waals surface area contributed by atoms with Gasteiger partial charge in [0.15, 0.2) is 0 Å². The molecule has 0 spiro atoms. The molecule has 5 rings (SSSR count). The average Bonchev–Trinajstić information content (AvgIpc) is 3.23. The first-order chi connectivity index (χ1) is 14.0. The summed E-state index contributed by atoms with van der Waals surface area (Å²) in [6.45, 7) is 1.85. The smallest absolute Gasteiger partial charge is 0.127 e. The van der Waals surface area contributed by atoms with Crippen LogP contribution >= 0.6 is 11.3 Å². The van der Waals surface area contributed by atoms with Crippen molar-refractivity contribution >= 4 is 38.0 Å². The van der Waals surface area contributed by atoms with Gasteiger partial charge in [-0.1, -0.05) is 6.42 Å². The van der Waals surface area contributed by atoms with Crippen molar-refractivity contribution in [3.05, 3.63) is 36.5 Å². The zero-order chi connectivity index (χ0) is 20.1. The fourth-order valence-electron chi connectivity index (χ4n) is 3.50. The second kappa shape index (κ2) is 7.00. The van der Waals surface area contributed by atoms with Gasteiger partial charge in [-0.05, 0) is 31.9 Å². The van der Waals surface area contributed by atoms with Crippen molar-refractivity contribution in [3.63, 3.8) is 0 Å². The largest absolute Gasteiger partial charge is 0.396 e. The van der Waals surface area contributed by atoms with Gasteiger partial charge in [0.05, 0.1) is 27.9 Å². The summed E-state index contributed by atoms with van der Waals surface area (Å²) in [7, 11) is 0.801. The molecule has 4 aromatic rings. The van der Waals surface area contributed by atoms with Crippen LogP contribution in [0.15, 0.2) is 34.9 Å². The molecule has 7 nitrogen and oxygen atoms in total. The van der Waals surface area contributed by atoms with Gasteiger partial charge in [0.25, 0.3) is 0 Å². The third-order valence-corrected chi connectivity index (χ3v) is 8.68. The summed E-state index contributed by atoms with van der Waals surface area (Å²) in [5.74, 6) is 0.709. The first kappa shape index (κ1) is 18.4. The molecule has 1 atom stereocenters. The third-order valence-electron chi connectivity index (χ3n) is 5.38. The summed E-state index contributed by atoms with van der Waals surface area (Å²) >= 11 is 1.43. The Labute approximate surface area is 174 Å². The van der Waals surface area contributed by atoms with E-state index >= 15 is 0 Å². The number of pyridine rings is 1. The Balaban J connectivity index is 1.76. The Morgan fingerprint density at radius 3 is 2.66 bits per heavy atom. The molecule has 29 heavy (non-hydrogen) atoms. The number of nitrogen functional groups attached to an aromatic ring is 1. The van der Waals surface area contributed by atoms with E-state index in [0.29, 0.717) is 11.5 Å². The standard InChI is InChI=1S/C20H20N6OS2/c1-11-22-9-12(10-23-11)15-8-14(16-6-7-24-26(16)2)17-18(21)20(28-19(17)25-15)29(27)13-4-3-5-13/h6-10,13H,3-5,21H2,1-2H3. The molecule has 4 aromatic heterocycles. The highest BCUT2D eigenvalue weighted by Gasteiger charge is 2.29. The fraction of sp³-hybridized carbons (Fsp3) is 0.300. The number of aryl methyl sites for hydroxylation is 2. The van der Waals surface area contributed by atoms with Crippen LogP contribution in [0.2, 0.25) is 0 Å². The molecule has 0 aromatic carbocycles. The molecule has 1 fully saturated rings. The number of hydrogen-bond donors (Lipinski definition) is 1. The lowest BCUT2D eigenvalue weighted by Gasteiger charge is -2.23. The maximum Gasteiger partial charge on any atom is 0.127 e. The highest BCUT2D eigenvalue weighted by Crippen LogP contribution is 2.44. The van der Waals surface area contributed by atoms with Crippen LogP contribution in [0.3, 0.4) is 0 Å². The minimum atomic E-state index is -1.09. The van der Waals surface area contributed by atoms with Crippen LogP contribution in [0.5, 0.6) is 0 Å². The summed E-state index contributed by atoms with van der Waals surface area (Å²) in [5.41, 5.74) is 10.6. The van der Waals surface area contributed by atoms with Gasteiger partial charge < -0.3 is 5.73 Å². The first-order valence-corrected chi connectivity index (χ1v) is 11.5. The molecule has 0 saturated heterocycles. The van der Waals surface area contributed by atoms with E-state index < -0.39 is 10.8 Å². The maximum atomic E-state index is 13.1. The van der Waals surface area contributed by atoms with Gasteiger partial charge in [-0.3, -0.25) is 8.89 Å². The number of fused-ring (bicyclic) bond motifs is 1. The number of rotatable bonds is 4. The minimum absolute atomic E-state index is 0.204. The Morgan fingerprint density at radius 2 is 2.03 bits per heavy atom. The van der Waals surface area contributed by atoms with Crippen molar-refractivity contribution in [2.45, 2.75) is 35.6 Å². The van der Waals surface area contributed by atoms with E-state index in [1.165, 1.54) is 11.3 Å². The van der Waals surface area contributed by atoms with Crippen molar-refractivity contribution in [3.8, 4) is 22.5 Å². The highest BCUT2D eigenvalue weighted by molar-refractivity contribution is 7.88. The maximum absolute atomic E-state index is 13.1. The lowest BCUT2D eigenvalue weighted by atomic mass is 10.0. The molecule has 148 valence electrons. The molecule has 1 saturated carbocycles. The number of aromatic nitrogens is 5. The predicted molar refractivity (Wildman–Crippen MR) is 116 cm³/mol. The van der Waals surface area contributed by atoms with Gasteiger partial charge in [0, 0.05) is 47.4 Å². The van der Waals surface area contributed by atoms with Crippen LogP contribution in [0, 0.1) is 6.92 Å². The molecule has 1 aliphatic rings. The summed E-state index contributed by atoms with van der Waals surface area (Å²) in [6, 6.07) is 3.94. The minimum Gasteiger partial charge on any atom is -0.396 e. The van der Waals surface area contributed by atoms with Crippen LogP contribution in [0.25, 0.3) is 32.7 Å². The van der Waals surface area contributed by atoms with Crippen molar-refractivity contribution in [1.29, 1.82) is 0 Å². The Kier molecular flexibility index (Phi) is 4.44. The van der Waals surface area contributed by atoms with E-state index in [-0.39, 0.29) is 5.25 Å². The van der Waals surface area contributed by atoms with Gasteiger partial charge >= 0.3 is 0 Å². The number of thiophene rings is 1. The molecule has 1 unspecified atom stereocenters. The van der Waals surface area contributed by atoms with Crippen molar-refractivity contribution < 1.29 is 4.21 Å². The zero-order valence-corrected chi connectivity index (χ0v) is 17.8. The number of nitrogens with two attached hydrogens (primary N) is 1. The Morgan fingerprint density at radius 1 is 1.28 bits per heavy atom. The lowest BCUT2D eigenvalue weighted by molar-refractivity contribution is 0.505. The number of hydrogen-bond acceptors (Lipinski definition) is 7. The summed E-state index contributed by atoms with van der Waals surface area (Å²) in [4.78, 5) is 14.2. The average molecular weight is 425 g/mol. The van der Waals surface area contributed by atoms with Crippen LogP contribution in [0.1, 0.15) is 25.1 Å². The zero-order valence-electron chi connectivity index (χ0n) is 16.1. The molecular weight excluding hydrogens is 404 g/mol. The van der Waals surface area contributed by atoms with E-state index in [9.17, 15) is 4.21 Å². The van der Waals surface area contributed by atoms with E-state index in [1.54, 1.807) is 18.6 Å². The van der Waals surface area contributed by atoms with Gasteiger partial charge in [0.1, 0.15) is 14.9 Å². The molecule has 0 radical (unpaired) electrons. The van der Waals surface area contributed by atoms with Crippen LogP contribution < -0.4 is 5.73 Å². The normalized spacial score (nSPS) is 15.5. The van der Waals surface area contributed by atoms with Gasteiger partial charge in [-0.25, -0.2) is 15.0 Å². The molecule has 1 aliphatic carbocycles. The van der Waals surface area contributed by atoms with E-state index in [4.69, 9.17) is 10.7 Å². The topological polar surface area (TPSA) is 99.6 Å². The second-order valence-electron chi connectivity index (χ2n) is 7.25. The van der Waals surface area contributed by atoms with E-state index in [1.807, 2.05) is 30.8 Å². The Hall–Kier alpha value is -2.65. The molecule has 0 amide bonds. The monoisotopic (exact) mass is 424 g/mol. The van der Waals surface area contributed by atoms with Gasteiger partial charge in [0.2, 0.25) is 0 Å². The summed E-state index contributed by atoms with van der Waals surface area (Å²) in [5, 5.41) is 5.36. The van der Waals surface area contributed by atoms with Crippen LogP contribution in [-0.4, -0.2) is 34.2 Å². The lowest BCUT2D eigenvalue weighted by Crippen LogP contribution is -2.23. The van der Waals surface area contributed by atoms with Gasteiger partial charge in [-0.2, -0.15) is 5.10 Å². The van der Waals surface area contributed by atoms with Crippen molar-refractivity contribution in [2.75, 3.05) is 5.73 Å². The predicted octanol–water partition coefficient (Wildman–Crippen LogP) is 3.70. The third kappa shape index (κ3) is 3.05. The molecular formula is C20H20N6OS2. The van der Waals surface area contributed by atoms with E-state index in [0.717, 1.165) is 56.2 Å². The molecule has 2 N–H and O–H groups in total. The molecule has 4 heterocycles. The Bertz CT molecular complexity index is 1240.